The van der Waals surface area contributed by atoms with Gasteiger partial charge >= 0.3 is 0 Å². The van der Waals surface area contributed by atoms with Gasteiger partial charge in [0.2, 0.25) is 10.0 Å². The maximum atomic E-state index is 12.8. The highest BCUT2D eigenvalue weighted by Gasteiger charge is 2.25. The van der Waals surface area contributed by atoms with E-state index in [1.807, 2.05) is 0 Å². The molecule has 1 aliphatic rings. The predicted octanol–water partition coefficient (Wildman–Crippen LogP) is 2.84. The number of hydrogen-bond acceptors (Lipinski definition) is 5. The number of benzene rings is 1. The Kier molecular flexibility index (Phi) is 5.40. The summed E-state index contributed by atoms with van der Waals surface area (Å²) in [6, 6.07) is 8.98. The smallest absolute Gasteiger partial charge is 0.244 e. The number of hydrogen-bond donors (Lipinski definition) is 1. The summed E-state index contributed by atoms with van der Waals surface area (Å²) in [4.78, 5) is 4.28. The third-order valence-corrected chi connectivity index (χ3v) is 5.83. The molecule has 1 aliphatic heterocycles. The summed E-state index contributed by atoms with van der Waals surface area (Å²) >= 11 is 0. The summed E-state index contributed by atoms with van der Waals surface area (Å²) in [6.07, 6.45) is 5.72. The molecule has 2 aromatic rings. The molecule has 1 aromatic heterocycles. The number of hydrazone groups is 1. The summed E-state index contributed by atoms with van der Waals surface area (Å²) in [5, 5.41) is 4.00. The van der Waals surface area contributed by atoms with Gasteiger partial charge in [-0.05, 0) is 42.7 Å². The van der Waals surface area contributed by atoms with E-state index in [4.69, 9.17) is 0 Å². The molecule has 6 nitrogen and oxygen atoms in total. The van der Waals surface area contributed by atoms with Crippen LogP contribution in [-0.4, -0.2) is 37.0 Å². The number of nitrogens with one attached hydrogen (secondary N) is 1. The first kappa shape index (κ1) is 17.5. The van der Waals surface area contributed by atoms with Crippen LogP contribution in [0.25, 0.3) is 0 Å². The highest BCUT2D eigenvalue weighted by atomic mass is 32.2. The lowest BCUT2D eigenvalue weighted by molar-refractivity contribution is 0.346. The van der Waals surface area contributed by atoms with Gasteiger partial charge in [-0.3, -0.25) is 5.43 Å². The van der Waals surface area contributed by atoms with Gasteiger partial charge in [0.25, 0.3) is 0 Å². The molecule has 1 N–H and O–H groups in total. The van der Waals surface area contributed by atoms with Crippen molar-refractivity contribution in [3.63, 3.8) is 0 Å². The maximum Gasteiger partial charge on any atom is 0.244 e. The molecular weight excluding hydrogens is 343 g/mol. The zero-order valence-electron chi connectivity index (χ0n) is 13.6. The van der Waals surface area contributed by atoms with Crippen molar-refractivity contribution >= 4 is 22.1 Å². The van der Waals surface area contributed by atoms with Gasteiger partial charge in [0.1, 0.15) is 16.5 Å². The molecule has 0 aliphatic carbocycles. The Labute approximate surface area is 146 Å². The van der Waals surface area contributed by atoms with Crippen molar-refractivity contribution < 1.29 is 12.8 Å². The van der Waals surface area contributed by atoms with Gasteiger partial charge in [-0.2, -0.15) is 9.41 Å². The number of anilines is 1. The molecule has 8 heteroatoms. The van der Waals surface area contributed by atoms with Crippen LogP contribution in [0, 0.1) is 5.82 Å². The van der Waals surface area contributed by atoms with Crippen LogP contribution in [0.15, 0.2) is 52.6 Å². The van der Waals surface area contributed by atoms with Gasteiger partial charge in [0.15, 0.2) is 0 Å². The van der Waals surface area contributed by atoms with Crippen LogP contribution < -0.4 is 5.43 Å². The lowest BCUT2D eigenvalue weighted by atomic mass is 10.2. The molecule has 0 atom stereocenters. The summed E-state index contributed by atoms with van der Waals surface area (Å²) < 4.78 is 39.4. The second-order valence-corrected chi connectivity index (χ2v) is 7.70. The molecule has 25 heavy (non-hydrogen) atoms. The molecule has 1 saturated heterocycles. The monoisotopic (exact) mass is 362 g/mol. The minimum Gasteiger partial charge on any atom is -0.261 e. The Morgan fingerprint density at radius 3 is 2.44 bits per heavy atom. The Bertz CT molecular complexity index is 830. The quantitative estimate of drug-likeness (QED) is 0.656. The Morgan fingerprint density at radius 1 is 1.08 bits per heavy atom. The van der Waals surface area contributed by atoms with Gasteiger partial charge in [-0.15, -0.1) is 0 Å². The van der Waals surface area contributed by atoms with Crippen LogP contribution in [0.3, 0.4) is 0 Å². The van der Waals surface area contributed by atoms with Crippen LogP contribution in [-0.2, 0) is 10.0 Å². The molecule has 0 amide bonds. The van der Waals surface area contributed by atoms with E-state index in [-0.39, 0.29) is 10.7 Å². The van der Waals surface area contributed by atoms with E-state index in [1.165, 1.54) is 34.9 Å². The predicted molar refractivity (Wildman–Crippen MR) is 94.5 cm³/mol. The van der Waals surface area contributed by atoms with Crippen molar-refractivity contribution in [1.82, 2.24) is 9.29 Å². The summed E-state index contributed by atoms with van der Waals surface area (Å²) in [6.45, 7) is 1.12. The van der Waals surface area contributed by atoms with E-state index in [0.717, 1.165) is 24.8 Å². The molecule has 0 bridgehead atoms. The van der Waals surface area contributed by atoms with E-state index < -0.39 is 10.0 Å². The Hall–Kier alpha value is -2.32. The highest BCUT2D eigenvalue weighted by molar-refractivity contribution is 7.89. The molecule has 1 aromatic carbocycles. The summed E-state index contributed by atoms with van der Waals surface area (Å²) in [5.41, 5.74) is 3.46. The molecule has 0 unspecified atom stereocenters. The fourth-order valence-corrected chi connectivity index (χ4v) is 4.04. The molecule has 3 rings (SSSR count). The van der Waals surface area contributed by atoms with Gasteiger partial charge in [-0.25, -0.2) is 17.8 Å². The second kappa shape index (κ2) is 7.71. The molecule has 0 saturated carbocycles. The fraction of sp³-hybridized carbons (Fsp3) is 0.294. The molecule has 0 radical (unpaired) electrons. The van der Waals surface area contributed by atoms with Crippen LogP contribution >= 0.6 is 0 Å². The van der Waals surface area contributed by atoms with Gasteiger partial charge in [0, 0.05) is 19.3 Å². The lowest BCUT2D eigenvalue weighted by Crippen LogP contribution is -2.35. The first-order valence-corrected chi connectivity index (χ1v) is 9.50. The number of halogens is 1. The van der Waals surface area contributed by atoms with E-state index in [1.54, 1.807) is 18.2 Å². The topological polar surface area (TPSA) is 74.7 Å². The Balaban J connectivity index is 1.64. The van der Waals surface area contributed by atoms with E-state index in [9.17, 15) is 12.8 Å². The average Bonchev–Trinajstić information content (AvgIpc) is 2.64. The Morgan fingerprint density at radius 2 is 1.80 bits per heavy atom. The van der Waals surface area contributed by atoms with Gasteiger partial charge in [0.05, 0.1) is 6.21 Å². The third kappa shape index (κ3) is 4.40. The van der Waals surface area contributed by atoms with Gasteiger partial charge < -0.3 is 0 Å². The van der Waals surface area contributed by atoms with Crippen LogP contribution in [0.5, 0.6) is 0 Å². The summed E-state index contributed by atoms with van der Waals surface area (Å²) in [5.74, 6) is 0.119. The van der Waals surface area contributed by atoms with E-state index >= 15 is 0 Å². The van der Waals surface area contributed by atoms with E-state index in [0.29, 0.717) is 18.9 Å². The van der Waals surface area contributed by atoms with Crippen molar-refractivity contribution in [2.24, 2.45) is 5.10 Å². The third-order valence-electron chi connectivity index (χ3n) is 3.95. The van der Waals surface area contributed by atoms with Crippen LogP contribution in [0.1, 0.15) is 24.8 Å². The number of nitrogens with zero attached hydrogens (tertiary/aromatic N) is 3. The first-order chi connectivity index (χ1) is 12.1. The molecule has 2 heterocycles. The van der Waals surface area contributed by atoms with E-state index in [2.05, 4.69) is 15.5 Å². The van der Waals surface area contributed by atoms with Crippen molar-refractivity contribution in [2.75, 3.05) is 18.5 Å². The van der Waals surface area contributed by atoms with Crippen molar-refractivity contribution in [2.45, 2.75) is 24.2 Å². The zero-order chi connectivity index (χ0) is 17.7. The minimum atomic E-state index is -3.48. The van der Waals surface area contributed by atoms with Crippen molar-refractivity contribution in [1.29, 1.82) is 0 Å². The van der Waals surface area contributed by atoms with Crippen LogP contribution in [0.2, 0.25) is 0 Å². The van der Waals surface area contributed by atoms with Gasteiger partial charge in [-0.1, -0.05) is 18.6 Å². The fourth-order valence-electron chi connectivity index (χ4n) is 2.58. The minimum absolute atomic E-state index is 0.183. The molecular formula is C17H19FN4O2S. The number of sulfonamides is 1. The molecule has 0 spiro atoms. The second-order valence-electron chi connectivity index (χ2n) is 5.77. The zero-order valence-corrected chi connectivity index (χ0v) is 14.4. The number of pyridine rings is 1. The maximum absolute atomic E-state index is 12.8. The highest BCUT2D eigenvalue weighted by Crippen LogP contribution is 2.20. The molecule has 132 valence electrons. The first-order valence-electron chi connectivity index (χ1n) is 8.06. The number of piperidine rings is 1. The normalized spacial score (nSPS) is 16.2. The average molecular weight is 362 g/mol. The largest absolute Gasteiger partial charge is 0.261 e. The summed E-state index contributed by atoms with van der Waals surface area (Å²) in [7, 11) is -3.48. The van der Waals surface area contributed by atoms with Crippen LogP contribution in [0.4, 0.5) is 10.2 Å². The molecule has 1 fully saturated rings. The van der Waals surface area contributed by atoms with Crippen molar-refractivity contribution in [3.8, 4) is 0 Å². The standard InChI is InChI=1S/C17H19FN4O2S/c18-15-6-4-14(5-7-15)12-20-21-17-9-8-16(13-19-17)25(23,24)22-10-2-1-3-11-22/h4-9,12-13H,1-3,10-11H2,(H,19,21). The van der Waals surface area contributed by atoms with Crippen molar-refractivity contribution in [3.05, 3.63) is 54.0 Å². The lowest BCUT2D eigenvalue weighted by Gasteiger charge is -2.25. The number of rotatable bonds is 5. The SMILES string of the molecule is O=S(=O)(c1ccc(NN=Cc2ccc(F)cc2)nc1)N1CCCCC1. The number of aromatic nitrogens is 1.